The van der Waals surface area contributed by atoms with Crippen LogP contribution in [0.3, 0.4) is 0 Å². The van der Waals surface area contributed by atoms with E-state index in [9.17, 15) is 9.59 Å². The van der Waals surface area contributed by atoms with Crippen molar-refractivity contribution in [3.63, 3.8) is 0 Å². The van der Waals surface area contributed by atoms with Crippen LogP contribution in [0.25, 0.3) is 5.69 Å². The van der Waals surface area contributed by atoms with E-state index >= 15 is 0 Å². The summed E-state index contributed by atoms with van der Waals surface area (Å²) in [6.07, 6.45) is 1.38. The van der Waals surface area contributed by atoms with Crippen LogP contribution in [0.1, 0.15) is 40.2 Å². The van der Waals surface area contributed by atoms with Crippen LogP contribution in [0.5, 0.6) is 17.2 Å². The molecule has 0 aliphatic rings. The number of carbonyl (C=O) groups excluding carboxylic acids is 2. The molecule has 41 heavy (non-hydrogen) atoms. The maximum Gasteiger partial charge on any atom is 0.344 e. The molecule has 0 aliphatic heterocycles. The molecule has 214 valence electrons. The lowest BCUT2D eigenvalue weighted by Crippen LogP contribution is -2.17. The average molecular weight is 580 g/mol. The Morgan fingerprint density at radius 1 is 1.02 bits per heavy atom. The molecule has 0 atom stereocenters. The number of amides is 1. The number of rotatable bonds is 12. The number of aromatic nitrogens is 1. The van der Waals surface area contributed by atoms with Crippen molar-refractivity contribution >= 4 is 29.7 Å². The molecule has 2 heterocycles. The predicted molar refractivity (Wildman–Crippen MR) is 153 cm³/mol. The number of furan rings is 1. The fourth-order valence-corrected chi connectivity index (χ4v) is 4.28. The van der Waals surface area contributed by atoms with E-state index in [2.05, 4.69) is 41.1 Å². The number of hydrazone groups is 1. The Labute approximate surface area is 242 Å². The Balaban J connectivity index is 1.30. The maximum atomic E-state index is 12.5. The van der Waals surface area contributed by atoms with Gasteiger partial charge in [0.15, 0.2) is 23.9 Å². The third-order valence-electron chi connectivity index (χ3n) is 5.90. The lowest BCUT2D eigenvalue weighted by atomic mass is 10.2. The van der Waals surface area contributed by atoms with Crippen LogP contribution in [0.15, 0.2) is 70.2 Å². The van der Waals surface area contributed by atoms with Crippen molar-refractivity contribution in [2.45, 2.75) is 27.4 Å². The first-order valence-electron chi connectivity index (χ1n) is 12.7. The molecule has 0 saturated carbocycles. The zero-order chi connectivity index (χ0) is 29.4. The molecule has 11 heteroatoms. The minimum absolute atomic E-state index is 0.0768. The van der Waals surface area contributed by atoms with Crippen molar-refractivity contribution in [3.05, 3.63) is 94.2 Å². The first kappa shape index (κ1) is 29.3. The minimum Gasteiger partial charge on any atom is -0.493 e. The van der Waals surface area contributed by atoms with E-state index in [1.54, 1.807) is 31.2 Å². The summed E-state index contributed by atoms with van der Waals surface area (Å²) < 4.78 is 29.2. The van der Waals surface area contributed by atoms with Crippen LogP contribution in [0.4, 0.5) is 0 Å². The minimum atomic E-state index is -0.540. The summed E-state index contributed by atoms with van der Waals surface area (Å²) in [4.78, 5) is 24.1. The van der Waals surface area contributed by atoms with Crippen molar-refractivity contribution < 1.29 is 33.0 Å². The van der Waals surface area contributed by atoms with Gasteiger partial charge in [-0.25, -0.2) is 10.2 Å². The second-order valence-electron chi connectivity index (χ2n) is 8.83. The molecule has 0 fully saturated rings. The van der Waals surface area contributed by atoms with E-state index in [0.29, 0.717) is 17.1 Å². The molecule has 10 nitrogen and oxygen atoms in total. The molecule has 1 N–H and O–H groups in total. The van der Waals surface area contributed by atoms with Gasteiger partial charge < -0.3 is 27.9 Å². The van der Waals surface area contributed by atoms with Crippen molar-refractivity contribution in [1.82, 2.24) is 9.99 Å². The van der Waals surface area contributed by atoms with Gasteiger partial charge in [0.05, 0.1) is 25.0 Å². The Morgan fingerprint density at radius 3 is 2.44 bits per heavy atom. The number of aryl methyl sites for hydroxylation is 2. The number of halogens is 1. The fraction of sp³-hybridized carbons (Fsp3) is 0.233. The van der Waals surface area contributed by atoms with Gasteiger partial charge in [0, 0.05) is 17.1 Å². The number of carbonyl (C=O) groups is 2. The van der Waals surface area contributed by atoms with E-state index < -0.39 is 11.9 Å². The molecule has 0 spiro atoms. The standard InChI is InChI=1S/C30H30ClN3O7/c1-5-38-28(35)18-40-29-25(31)14-21(15-27(29)37-4)16-32-33-30(36)26-13-12-24(41-26)17-39-23-10-8-22(9-11-23)34-19(2)6-7-20(34)3/h6-16H,5,17-18H2,1-4H3,(H,33,36)/b32-16+. The summed E-state index contributed by atoms with van der Waals surface area (Å²) in [6.45, 7) is 5.90. The van der Waals surface area contributed by atoms with E-state index in [-0.39, 0.29) is 42.1 Å². The predicted octanol–water partition coefficient (Wildman–Crippen LogP) is 5.63. The fourth-order valence-electron chi connectivity index (χ4n) is 4.01. The zero-order valence-electron chi connectivity index (χ0n) is 23.1. The molecule has 2 aromatic carbocycles. The van der Waals surface area contributed by atoms with Gasteiger partial charge in [-0.15, -0.1) is 0 Å². The normalized spacial score (nSPS) is 11.0. The number of hydrogen-bond donors (Lipinski definition) is 1. The SMILES string of the molecule is CCOC(=O)COc1c(Cl)cc(/C=N/NC(=O)c2ccc(COc3ccc(-n4c(C)ccc4C)cc3)o2)cc1OC. The van der Waals surface area contributed by atoms with Crippen LogP contribution in [-0.2, 0) is 16.1 Å². The van der Waals surface area contributed by atoms with Gasteiger partial charge in [0.2, 0.25) is 0 Å². The van der Waals surface area contributed by atoms with Gasteiger partial charge in [-0.2, -0.15) is 5.10 Å². The molecule has 0 aliphatic carbocycles. The first-order valence-corrected chi connectivity index (χ1v) is 13.1. The molecule has 2 aromatic heterocycles. The highest BCUT2D eigenvalue weighted by molar-refractivity contribution is 6.32. The highest BCUT2D eigenvalue weighted by Crippen LogP contribution is 2.36. The Bertz CT molecular complexity index is 1520. The number of ether oxygens (including phenoxy) is 4. The van der Waals surface area contributed by atoms with Gasteiger partial charge in [0.25, 0.3) is 0 Å². The van der Waals surface area contributed by atoms with Gasteiger partial charge in [-0.1, -0.05) is 11.6 Å². The average Bonchev–Trinajstić information content (AvgIpc) is 3.57. The molecule has 0 saturated heterocycles. The first-order chi connectivity index (χ1) is 19.8. The highest BCUT2D eigenvalue weighted by atomic mass is 35.5. The van der Waals surface area contributed by atoms with Crippen molar-refractivity contribution in [2.24, 2.45) is 5.10 Å². The van der Waals surface area contributed by atoms with Crippen LogP contribution in [0, 0.1) is 13.8 Å². The molecular weight excluding hydrogens is 550 g/mol. The summed E-state index contributed by atoms with van der Waals surface area (Å²) in [5.41, 5.74) is 6.29. The monoisotopic (exact) mass is 579 g/mol. The second-order valence-corrected chi connectivity index (χ2v) is 9.23. The van der Waals surface area contributed by atoms with Crippen molar-refractivity contribution in [2.75, 3.05) is 20.3 Å². The Hall–Kier alpha value is -4.70. The maximum absolute atomic E-state index is 12.5. The summed E-state index contributed by atoms with van der Waals surface area (Å²) in [5, 5.41) is 4.16. The van der Waals surface area contributed by atoms with Gasteiger partial charge in [-0.05, 0) is 87.0 Å². The van der Waals surface area contributed by atoms with E-state index in [1.165, 1.54) is 13.3 Å². The summed E-state index contributed by atoms with van der Waals surface area (Å²) in [7, 11) is 1.43. The lowest BCUT2D eigenvalue weighted by Gasteiger charge is -2.12. The third-order valence-corrected chi connectivity index (χ3v) is 6.18. The number of nitrogens with zero attached hydrogens (tertiary/aromatic N) is 2. The van der Waals surface area contributed by atoms with Crippen LogP contribution >= 0.6 is 11.6 Å². The van der Waals surface area contributed by atoms with Crippen LogP contribution in [0.2, 0.25) is 5.02 Å². The number of esters is 1. The summed E-state index contributed by atoms with van der Waals surface area (Å²) in [5.74, 6) is 0.643. The third kappa shape index (κ3) is 7.49. The Kier molecular flexibility index (Phi) is 9.70. The smallest absolute Gasteiger partial charge is 0.344 e. The molecule has 0 radical (unpaired) electrons. The van der Waals surface area contributed by atoms with Gasteiger partial charge in [0.1, 0.15) is 18.1 Å². The Morgan fingerprint density at radius 2 is 1.76 bits per heavy atom. The van der Waals surface area contributed by atoms with E-state index in [1.807, 2.05) is 24.3 Å². The second kappa shape index (κ2) is 13.6. The van der Waals surface area contributed by atoms with E-state index in [0.717, 1.165) is 17.1 Å². The van der Waals surface area contributed by atoms with Crippen molar-refractivity contribution in [3.8, 4) is 22.9 Å². The van der Waals surface area contributed by atoms with Crippen LogP contribution < -0.4 is 19.6 Å². The molecule has 4 aromatic rings. The number of nitrogens with one attached hydrogen (secondary N) is 1. The van der Waals surface area contributed by atoms with Gasteiger partial charge >= 0.3 is 11.9 Å². The molecule has 0 bridgehead atoms. The van der Waals surface area contributed by atoms with Crippen LogP contribution in [-0.4, -0.2) is 43.0 Å². The molecule has 0 unspecified atom stereocenters. The quantitative estimate of drug-likeness (QED) is 0.131. The molecule has 4 rings (SSSR count). The number of methoxy groups -OCH3 is 1. The summed E-state index contributed by atoms with van der Waals surface area (Å²) >= 11 is 6.30. The molecule has 1 amide bonds. The van der Waals surface area contributed by atoms with Gasteiger partial charge in [-0.3, -0.25) is 4.79 Å². The van der Waals surface area contributed by atoms with Crippen molar-refractivity contribution in [1.29, 1.82) is 0 Å². The zero-order valence-corrected chi connectivity index (χ0v) is 23.9. The number of benzene rings is 2. The summed E-state index contributed by atoms with van der Waals surface area (Å²) in [6, 6.07) is 18.3. The number of hydrogen-bond acceptors (Lipinski definition) is 8. The van der Waals surface area contributed by atoms with E-state index in [4.69, 9.17) is 35.0 Å². The molecular formula is C30H30ClN3O7. The topological polar surface area (TPSA) is 114 Å². The largest absolute Gasteiger partial charge is 0.493 e. The lowest BCUT2D eigenvalue weighted by molar-refractivity contribution is -0.145. The highest BCUT2D eigenvalue weighted by Gasteiger charge is 2.15.